The molecule has 2 heterocycles. The van der Waals surface area contributed by atoms with Crippen LogP contribution in [0.15, 0.2) is 73.1 Å². The Morgan fingerprint density at radius 3 is 1.32 bits per heavy atom. The van der Waals surface area contributed by atoms with E-state index < -0.39 is 58.3 Å². The maximum absolute atomic E-state index is 13.1. The van der Waals surface area contributed by atoms with Gasteiger partial charge in [-0.2, -0.15) is 11.0 Å². The number of hydrogen-bond donors (Lipinski definition) is 2. The van der Waals surface area contributed by atoms with E-state index in [1.165, 1.54) is 48.8 Å². The molecule has 0 saturated carbocycles. The molecular formula is C28H20F2KN4NaO8. The largest absolute Gasteiger partial charge is 1.00 e. The zero-order valence-electron chi connectivity index (χ0n) is 23.8. The Morgan fingerprint density at radius 2 is 1.02 bits per heavy atom. The molecule has 44 heavy (non-hydrogen) atoms. The summed E-state index contributed by atoms with van der Waals surface area (Å²) in [5.74, 6) is -5.54. The third-order valence-corrected chi connectivity index (χ3v) is 5.03. The van der Waals surface area contributed by atoms with Crippen LogP contribution < -0.4 is 102 Å². The maximum atomic E-state index is 13.1. The SMILES string of the molecule is CC(=O)ONC(=O)c1ncc(-c2cccc(F)c2)cc1[O-].CC(=O)ONC(=O)c1ncc(-c2cccc(F)c2)cc1[O-].[K+].[Na+]. The quantitative estimate of drug-likeness (QED) is 0.167. The van der Waals surface area contributed by atoms with Gasteiger partial charge in [-0.15, -0.1) is 0 Å². The molecule has 0 aliphatic heterocycles. The number of halogens is 2. The molecule has 0 fully saturated rings. The van der Waals surface area contributed by atoms with Crippen LogP contribution in [0, 0.1) is 11.6 Å². The molecule has 0 aliphatic rings. The first-order valence-electron chi connectivity index (χ1n) is 11.8. The second kappa shape index (κ2) is 18.5. The van der Waals surface area contributed by atoms with Gasteiger partial charge in [0.15, 0.2) is 0 Å². The molecule has 4 rings (SSSR count). The van der Waals surface area contributed by atoms with E-state index in [-0.39, 0.29) is 80.9 Å². The van der Waals surface area contributed by atoms with Gasteiger partial charge >= 0.3 is 105 Å². The van der Waals surface area contributed by atoms with Crippen molar-refractivity contribution in [1.29, 1.82) is 0 Å². The molecule has 0 aliphatic carbocycles. The number of hydroxylamine groups is 2. The number of benzene rings is 2. The van der Waals surface area contributed by atoms with Crippen LogP contribution in [-0.2, 0) is 19.3 Å². The molecule has 2 N–H and O–H groups in total. The van der Waals surface area contributed by atoms with Crippen LogP contribution in [0.1, 0.15) is 34.8 Å². The Morgan fingerprint density at radius 1 is 0.659 bits per heavy atom. The van der Waals surface area contributed by atoms with Crippen LogP contribution in [0.3, 0.4) is 0 Å². The number of carbonyl (C=O) groups is 4. The summed E-state index contributed by atoms with van der Waals surface area (Å²) in [6, 6.07) is 13.6. The molecule has 0 bridgehead atoms. The first-order chi connectivity index (χ1) is 19.9. The van der Waals surface area contributed by atoms with E-state index in [2.05, 4.69) is 19.6 Å². The molecule has 0 radical (unpaired) electrons. The zero-order valence-corrected chi connectivity index (χ0v) is 29.0. The minimum absolute atomic E-state index is 0. The van der Waals surface area contributed by atoms with Gasteiger partial charge in [-0.3, -0.25) is 29.1 Å². The van der Waals surface area contributed by atoms with Gasteiger partial charge in [-0.25, -0.2) is 8.78 Å². The Hall–Kier alpha value is -3.28. The molecule has 0 unspecified atom stereocenters. The van der Waals surface area contributed by atoms with E-state index in [9.17, 15) is 38.2 Å². The Balaban J connectivity index is 0.000000421. The second-order valence-corrected chi connectivity index (χ2v) is 8.21. The van der Waals surface area contributed by atoms with Crippen LogP contribution in [-0.4, -0.2) is 33.7 Å². The number of nitrogens with one attached hydrogen (secondary N) is 2. The number of amides is 2. The fourth-order valence-electron chi connectivity index (χ4n) is 3.22. The second-order valence-electron chi connectivity index (χ2n) is 8.21. The standard InChI is InChI=1S/2C14H11FN2O4.K.Na/c2*1-8(18)21-17-14(20)13-12(19)6-10(7-16-13)9-3-2-4-11(15)5-9;;/h2*2-7,19H,1H3,(H,17,20);;/q;;2*+1/p-2. The molecule has 16 heteroatoms. The normalized spacial score (nSPS) is 9.55. The molecule has 2 aromatic carbocycles. The molecule has 216 valence electrons. The number of nitrogens with zero attached hydrogens (tertiary/aromatic N) is 2. The van der Waals surface area contributed by atoms with Crippen LogP contribution in [0.5, 0.6) is 11.5 Å². The first kappa shape index (κ1) is 38.7. The van der Waals surface area contributed by atoms with Crippen molar-refractivity contribution in [1.82, 2.24) is 20.9 Å². The average Bonchev–Trinajstić information content (AvgIpc) is 2.95. The van der Waals surface area contributed by atoms with E-state index in [0.717, 1.165) is 26.0 Å². The average molecular weight is 641 g/mol. The summed E-state index contributed by atoms with van der Waals surface area (Å²) < 4.78 is 26.3. The number of rotatable bonds is 4. The molecule has 0 atom stereocenters. The molecule has 2 aromatic heterocycles. The molecule has 0 spiro atoms. The zero-order chi connectivity index (χ0) is 30.8. The topological polar surface area (TPSA) is 183 Å². The van der Waals surface area contributed by atoms with Crippen molar-refractivity contribution in [2.24, 2.45) is 0 Å². The molecule has 4 aromatic rings. The van der Waals surface area contributed by atoms with Crippen molar-refractivity contribution in [3.63, 3.8) is 0 Å². The third-order valence-electron chi connectivity index (χ3n) is 5.03. The Bertz CT molecular complexity index is 1540. The number of carbonyl (C=O) groups excluding carboxylic acids is 4. The Labute approximate surface area is 313 Å². The monoisotopic (exact) mass is 640 g/mol. The van der Waals surface area contributed by atoms with Crippen molar-refractivity contribution in [2.45, 2.75) is 13.8 Å². The summed E-state index contributed by atoms with van der Waals surface area (Å²) in [7, 11) is 0. The predicted molar refractivity (Wildman–Crippen MR) is 137 cm³/mol. The van der Waals surface area contributed by atoms with Gasteiger partial charge < -0.3 is 19.9 Å². The Kier molecular flexibility index (Phi) is 16.3. The van der Waals surface area contributed by atoms with E-state index in [4.69, 9.17) is 0 Å². The van der Waals surface area contributed by atoms with Crippen LogP contribution in [0.4, 0.5) is 8.78 Å². The van der Waals surface area contributed by atoms with Crippen molar-refractivity contribution in [3.05, 3.63) is 96.1 Å². The van der Waals surface area contributed by atoms with Crippen LogP contribution in [0.25, 0.3) is 22.3 Å². The van der Waals surface area contributed by atoms with Gasteiger partial charge in [0.25, 0.3) is 0 Å². The minimum Gasteiger partial charge on any atom is -0.871 e. The van der Waals surface area contributed by atoms with Crippen LogP contribution >= 0.6 is 0 Å². The molecular weight excluding hydrogens is 620 g/mol. The summed E-state index contributed by atoms with van der Waals surface area (Å²) in [6.07, 6.45) is 2.53. The number of pyridine rings is 2. The fourth-order valence-corrected chi connectivity index (χ4v) is 3.22. The maximum Gasteiger partial charge on any atom is 1.00 e. The summed E-state index contributed by atoms with van der Waals surface area (Å²) in [6.45, 7) is 2.19. The molecule has 0 saturated heterocycles. The first-order valence-corrected chi connectivity index (χ1v) is 11.8. The summed E-state index contributed by atoms with van der Waals surface area (Å²) in [5.41, 5.74) is 4.44. The summed E-state index contributed by atoms with van der Waals surface area (Å²) in [5, 5.41) is 23.7. The number of hydrogen-bond acceptors (Lipinski definition) is 10. The summed E-state index contributed by atoms with van der Waals surface area (Å²) in [4.78, 5) is 60.3. The van der Waals surface area contributed by atoms with E-state index in [1.807, 2.05) is 0 Å². The van der Waals surface area contributed by atoms with Crippen LogP contribution in [0.2, 0.25) is 0 Å². The van der Waals surface area contributed by atoms with Gasteiger partial charge in [0, 0.05) is 26.2 Å². The van der Waals surface area contributed by atoms with Gasteiger partial charge in [0.2, 0.25) is 0 Å². The van der Waals surface area contributed by atoms with E-state index >= 15 is 0 Å². The van der Waals surface area contributed by atoms with Gasteiger partial charge in [0.05, 0.1) is 0 Å². The van der Waals surface area contributed by atoms with Crippen molar-refractivity contribution >= 4 is 23.8 Å². The van der Waals surface area contributed by atoms with Gasteiger partial charge in [-0.1, -0.05) is 47.9 Å². The number of aromatic nitrogens is 2. The molecule has 12 nitrogen and oxygen atoms in total. The smallest absolute Gasteiger partial charge is 0.871 e. The van der Waals surface area contributed by atoms with Gasteiger partial charge in [-0.05, 0) is 46.5 Å². The van der Waals surface area contributed by atoms with Crippen molar-refractivity contribution in [3.8, 4) is 33.8 Å². The van der Waals surface area contributed by atoms with Crippen molar-refractivity contribution < 1.29 is 129 Å². The van der Waals surface area contributed by atoms with Crippen molar-refractivity contribution in [2.75, 3.05) is 0 Å². The van der Waals surface area contributed by atoms with E-state index in [0.29, 0.717) is 22.3 Å². The summed E-state index contributed by atoms with van der Waals surface area (Å²) >= 11 is 0. The van der Waals surface area contributed by atoms with E-state index in [1.54, 1.807) is 23.1 Å². The molecule has 2 amide bonds. The third kappa shape index (κ3) is 11.7. The minimum atomic E-state index is -0.930. The predicted octanol–water partition coefficient (Wildman–Crippen LogP) is -3.65. The fraction of sp³-hybridized carbons (Fsp3) is 0.0714. The van der Waals surface area contributed by atoms with Gasteiger partial charge in [0.1, 0.15) is 23.0 Å².